The quantitative estimate of drug-likeness (QED) is 0.616. The predicted octanol–water partition coefficient (Wildman–Crippen LogP) is 3.44. The number of carbonyl (C=O) groups excluding carboxylic acids is 2. The van der Waals surface area contributed by atoms with Crippen LogP contribution >= 0.6 is 0 Å². The molecule has 27 heavy (non-hydrogen) atoms. The molecule has 2 aromatic carbocycles. The Morgan fingerprint density at radius 3 is 2.48 bits per heavy atom. The molecule has 0 spiro atoms. The Morgan fingerprint density at radius 2 is 1.81 bits per heavy atom. The van der Waals surface area contributed by atoms with Gasteiger partial charge in [-0.3, -0.25) is 4.79 Å². The topological polar surface area (TPSA) is 59.0 Å². The monoisotopic (exact) mass is 368 g/mol. The van der Waals surface area contributed by atoms with Crippen LogP contribution in [0.15, 0.2) is 53.2 Å². The summed E-state index contributed by atoms with van der Waals surface area (Å²) in [5.74, 6) is -2.44. The van der Waals surface area contributed by atoms with Gasteiger partial charge in [-0.2, -0.15) is 0 Å². The Bertz CT molecular complexity index is 997. The third kappa shape index (κ3) is 3.36. The van der Waals surface area contributed by atoms with E-state index in [2.05, 4.69) is 4.99 Å². The van der Waals surface area contributed by atoms with E-state index in [9.17, 15) is 18.4 Å². The van der Waals surface area contributed by atoms with Crippen LogP contribution in [-0.2, 0) is 14.3 Å². The Morgan fingerprint density at radius 1 is 1.04 bits per heavy atom. The fourth-order valence-electron chi connectivity index (χ4n) is 3.00. The SMILES string of the molecule is O=C1OC(c2ccc(N3CCCC3=O)cc2)=N/C1=C/c1ccc(F)c(F)c1. The first-order valence-corrected chi connectivity index (χ1v) is 8.40. The van der Waals surface area contributed by atoms with E-state index in [4.69, 9.17) is 4.74 Å². The van der Waals surface area contributed by atoms with Gasteiger partial charge in [0.05, 0.1) is 0 Å². The smallest absolute Gasteiger partial charge is 0.363 e. The molecule has 2 heterocycles. The standard InChI is InChI=1S/C20H14F2N2O3/c21-15-8-3-12(10-16(15)22)11-17-20(26)27-19(23-17)13-4-6-14(7-5-13)24-9-1-2-18(24)25/h3-8,10-11H,1-2,9H2/b17-11+. The summed E-state index contributed by atoms with van der Waals surface area (Å²) in [6.45, 7) is 0.690. The van der Waals surface area contributed by atoms with Crippen molar-refractivity contribution >= 4 is 29.5 Å². The maximum Gasteiger partial charge on any atom is 0.363 e. The molecule has 2 aliphatic rings. The normalized spacial score (nSPS) is 18.2. The zero-order valence-electron chi connectivity index (χ0n) is 14.1. The number of carbonyl (C=O) groups is 2. The highest BCUT2D eigenvalue weighted by Crippen LogP contribution is 2.24. The summed E-state index contributed by atoms with van der Waals surface area (Å²) in [4.78, 5) is 29.7. The van der Waals surface area contributed by atoms with Gasteiger partial charge in [0.1, 0.15) is 0 Å². The van der Waals surface area contributed by atoms with Gasteiger partial charge in [0.15, 0.2) is 17.3 Å². The first-order valence-electron chi connectivity index (χ1n) is 8.40. The van der Waals surface area contributed by atoms with Crippen molar-refractivity contribution in [1.29, 1.82) is 0 Å². The number of rotatable bonds is 3. The fraction of sp³-hybridized carbons (Fsp3) is 0.150. The molecule has 5 nitrogen and oxygen atoms in total. The van der Waals surface area contributed by atoms with Crippen LogP contribution in [0.3, 0.4) is 0 Å². The average Bonchev–Trinajstić information content (AvgIpc) is 3.24. The third-order valence-electron chi connectivity index (χ3n) is 4.37. The van der Waals surface area contributed by atoms with E-state index in [0.717, 1.165) is 24.2 Å². The lowest BCUT2D eigenvalue weighted by Crippen LogP contribution is -2.23. The van der Waals surface area contributed by atoms with Gasteiger partial charge >= 0.3 is 5.97 Å². The molecule has 0 saturated carbocycles. The molecule has 0 N–H and O–H groups in total. The van der Waals surface area contributed by atoms with Crippen molar-refractivity contribution in [1.82, 2.24) is 0 Å². The molecular weight excluding hydrogens is 354 g/mol. The van der Waals surface area contributed by atoms with E-state index in [-0.39, 0.29) is 17.5 Å². The van der Waals surface area contributed by atoms with Crippen LogP contribution in [0.4, 0.5) is 14.5 Å². The number of esters is 1. The highest BCUT2D eigenvalue weighted by Gasteiger charge is 2.25. The van der Waals surface area contributed by atoms with Crippen LogP contribution in [0.1, 0.15) is 24.0 Å². The Hall–Kier alpha value is -3.35. The Balaban J connectivity index is 1.58. The minimum Gasteiger partial charge on any atom is -0.402 e. The fourth-order valence-corrected chi connectivity index (χ4v) is 3.00. The van der Waals surface area contributed by atoms with E-state index in [1.54, 1.807) is 29.2 Å². The number of aliphatic imine (C=N–C) groups is 1. The Labute approximate surface area is 153 Å². The third-order valence-corrected chi connectivity index (χ3v) is 4.37. The van der Waals surface area contributed by atoms with Gasteiger partial charge in [-0.15, -0.1) is 0 Å². The summed E-state index contributed by atoms with van der Waals surface area (Å²) in [6, 6.07) is 10.3. The van der Waals surface area contributed by atoms with E-state index in [0.29, 0.717) is 24.1 Å². The highest BCUT2D eigenvalue weighted by molar-refractivity contribution is 6.13. The van der Waals surface area contributed by atoms with Crippen LogP contribution in [0.5, 0.6) is 0 Å². The molecule has 0 unspecified atom stereocenters. The molecule has 0 bridgehead atoms. The van der Waals surface area contributed by atoms with Crippen molar-refractivity contribution in [2.75, 3.05) is 11.4 Å². The summed E-state index contributed by atoms with van der Waals surface area (Å²) in [6.07, 6.45) is 2.71. The number of hydrogen-bond acceptors (Lipinski definition) is 4. The Kier molecular flexibility index (Phi) is 4.27. The van der Waals surface area contributed by atoms with Crippen LogP contribution in [-0.4, -0.2) is 24.3 Å². The van der Waals surface area contributed by atoms with E-state index >= 15 is 0 Å². The summed E-state index contributed by atoms with van der Waals surface area (Å²) in [7, 11) is 0. The van der Waals surface area contributed by atoms with Crippen LogP contribution in [0.25, 0.3) is 6.08 Å². The van der Waals surface area contributed by atoms with Gasteiger partial charge < -0.3 is 9.64 Å². The second kappa shape index (κ2) is 6.75. The lowest BCUT2D eigenvalue weighted by Gasteiger charge is -2.15. The number of cyclic esters (lactones) is 1. The van der Waals surface area contributed by atoms with Crippen LogP contribution in [0, 0.1) is 11.6 Å². The molecule has 0 aliphatic carbocycles. The van der Waals surface area contributed by atoms with Gasteiger partial charge in [0, 0.05) is 24.2 Å². The van der Waals surface area contributed by atoms with Gasteiger partial charge in [0.25, 0.3) is 0 Å². The number of anilines is 1. The highest BCUT2D eigenvalue weighted by atomic mass is 19.2. The summed E-state index contributed by atoms with van der Waals surface area (Å²) in [5, 5.41) is 0. The lowest BCUT2D eigenvalue weighted by molar-refractivity contribution is -0.130. The predicted molar refractivity (Wildman–Crippen MR) is 95.0 cm³/mol. The zero-order chi connectivity index (χ0) is 19.0. The number of amides is 1. The molecule has 2 aromatic rings. The number of hydrogen-bond donors (Lipinski definition) is 0. The molecular formula is C20H14F2N2O3. The second-order valence-corrected chi connectivity index (χ2v) is 6.21. The van der Waals surface area contributed by atoms with Crippen molar-refractivity contribution < 1.29 is 23.1 Å². The molecule has 7 heteroatoms. The van der Waals surface area contributed by atoms with Crippen molar-refractivity contribution in [2.24, 2.45) is 4.99 Å². The number of halogens is 2. The van der Waals surface area contributed by atoms with Gasteiger partial charge in [0.2, 0.25) is 11.8 Å². The molecule has 1 amide bonds. The molecule has 1 fully saturated rings. The second-order valence-electron chi connectivity index (χ2n) is 6.21. The van der Waals surface area contributed by atoms with Crippen molar-refractivity contribution in [2.45, 2.75) is 12.8 Å². The molecule has 1 saturated heterocycles. The van der Waals surface area contributed by atoms with Crippen LogP contribution < -0.4 is 4.90 Å². The van der Waals surface area contributed by atoms with Gasteiger partial charge in [-0.05, 0) is 54.5 Å². The van der Waals surface area contributed by atoms with E-state index in [1.807, 2.05) is 0 Å². The molecule has 4 rings (SSSR count). The van der Waals surface area contributed by atoms with E-state index < -0.39 is 17.6 Å². The summed E-state index contributed by atoms with van der Waals surface area (Å²) in [5.41, 5.74) is 1.65. The van der Waals surface area contributed by atoms with Crippen molar-refractivity contribution in [3.63, 3.8) is 0 Å². The number of nitrogens with zero attached hydrogens (tertiary/aromatic N) is 2. The average molecular weight is 368 g/mol. The molecule has 0 atom stereocenters. The number of benzene rings is 2. The molecule has 2 aliphatic heterocycles. The van der Waals surface area contributed by atoms with Gasteiger partial charge in [-0.25, -0.2) is 18.6 Å². The largest absolute Gasteiger partial charge is 0.402 e. The molecule has 0 aromatic heterocycles. The van der Waals surface area contributed by atoms with E-state index in [1.165, 1.54) is 12.1 Å². The molecule has 0 radical (unpaired) electrons. The zero-order valence-corrected chi connectivity index (χ0v) is 14.1. The van der Waals surface area contributed by atoms with Crippen molar-refractivity contribution in [3.8, 4) is 0 Å². The van der Waals surface area contributed by atoms with Crippen molar-refractivity contribution in [3.05, 3.63) is 70.9 Å². The minimum absolute atomic E-state index is 0.00481. The summed E-state index contributed by atoms with van der Waals surface area (Å²) >= 11 is 0. The van der Waals surface area contributed by atoms with Crippen LogP contribution in [0.2, 0.25) is 0 Å². The van der Waals surface area contributed by atoms with Gasteiger partial charge in [-0.1, -0.05) is 6.07 Å². The maximum atomic E-state index is 13.3. The minimum atomic E-state index is -1.01. The maximum absolute atomic E-state index is 13.3. The number of ether oxygens (including phenoxy) is 1. The lowest BCUT2D eigenvalue weighted by atomic mass is 10.2. The summed E-state index contributed by atoms with van der Waals surface area (Å²) < 4.78 is 31.5. The molecule has 136 valence electrons. The first kappa shape index (κ1) is 17.1. The first-order chi connectivity index (χ1) is 13.0.